The summed E-state index contributed by atoms with van der Waals surface area (Å²) in [6, 6.07) is 6.43. The molecule has 0 amide bonds. The van der Waals surface area contributed by atoms with E-state index in [-0.39, 0.29) is 6.61 Å². The molecule has 7 nitrogen and oxygen atoms in total. The molecule has 4 rings (SSSR count). The quantitative estimate of drug-likeness (QED) is 0.656. The molecule has 3 aromatic heterocycles. The van der Waals surface area contributed by atoms with Gasteiger partial charge in [-0.3, -0.25) is 4.98 Å². The number of nitrogens with one attached hydrogen (secondary N) is 1. The van der Waals surface area contributed by atoms with Crippen molar-refractivity contribution in [3.05, 3.63) is 47.9 Å². The van der Waals surface area contributed by atoms with Gasteiger partial charge in [0.2, 0.25) is 0 Å². The highest BCUT2D eigenvalue weighted by atomic mass is 16.3. The van der Waals surface area contributed by atoms with Crippen LogP contribution in [0.15, 0.2) is 36.8 Å². The van der Waals surface area contributed by atoms with Gasteiger partial charge >= 0.3 is 0 Å². The van der Waals surface area contributed by atoms with Crippen LogP contribution in [-0.2, 0) is 13.0 Å². The summed E-state index contributed by atoms with van der Waals surface area (Å²) in [4.78, 5) is 11.5. The minimum absolute atomic E-state index is 0.211. The van der Waals surface area contributed by atoms with Gasteiger partial charge in [-0.25, -0.2) is 4.98 Å². The third-order valence-corrected chi connectivity index (χ3v) is 5.49. The Morgan fingerprint density at radius 1 is 1.29 bits per heavy atom. The molecule has 4 heterocycles. The molecule has 0 aromatic carbocycles. The maximum Gasteiger partial charge on any atom is 0.162 e. The van der Waals surface area contributed by atoms with Gasteiger partial charge in [-0.1, -0.05) is 13.0 Å². The molecule has 28 heavy (non-hydrogen) atoms. The first kappa shape index (κ1) is 18.7. The third kappa shape index (κ3) is 3.80. The standard InChI is InChI=1S/C21H28N6O/c1-2-17-15-24-27-19(23-14-16-6-5-9-22-13-16)12-20(25-21(17)27)26-10-4-3-7-18(26)8-11-28/h5-6,9,12-13,15,18,23,28H,2-4,7-8,10-11,14H2,1H3. The van der Waals surface area contributed by atoms with Gasteiger partial charge in [-0.2, -0.15) is 9.61 Å². The summed E-state index contributed by atoms with van der Waals surface area (Å²) in [5, 5.41) is 17.6. The molecule has 1 aliphatic heterocycles. The lowest BCUT2D eigenvalue weighted by Gasteiger charge is -2.36. The molecule has 3 aromatic rings. The SMILES string of the molecule is CCc1cnn2c(NCc3cccnc3)cc(N3CCCCC3CCO)nc12. The fraction of sp³-hybridized carbons (Fsp3) is 0.476. The predicted octanol–water partition coefficient (Wildman–Crippen LogP) is 3.04. The summed E-state index contributed by atoms with van der Waals surface area (Å²) in [7, 11) is 0. The van der Waals surface area contributed by atoms with E-state index in [9.17, 15) is 5.11 Å². The summed E-state index contributed by atoms with van der Waals surface area (Å²) in [6.07, 6.45) is 10.7. The van der Waals surface area contributed by atoms with Crippen LogP contribution in [0.25, 0.3) is 5.65 Å². The van der Waals surface area contributed by atoms with Crippen molar-refractivity contribution in [2.24, 2.45) is 0 Å². The van der Waals surface area contributed by atoms with Gasteiger partial charge in [0.05, 0.1) is 6.20 Å². The van der Waals surface area contributed by atoms with Crippen LogP contribution in [0.4, 0.5) is 11.6 Å². The molecule has 1 fully saturated rings. The molecule has 2 N–H and O–H groups in total. The van der Waals surface area contributed by atoms with E-state index in [0.717, 1.165) is 60.6 Å². The summed E-state index contributed by atoms with van der Waals surface area (Å²) in [5.41, 5.74) is 3.16. The predicted molar refractivity (Wildman–Crippen MR) is 111 cm³/mol. The van der Waals surface area contributed by atoms with Crippen molar-refractivity contribution in [1.82, 2.24) is 19.6 Å². The lowest BCUT2D eigenvalue weighted by Crippen LogP contribution is -2.40. The largest absolute Gasteiger partial charge is 0.396 e. The second-order valence-corrected chi connectivity index (χ2v) is 7.33. The number of hydrogen-bond acceptors (Lipinski definition) is 6. The number of fused-ring (bicyclic) bond motifs is 1. The Bertz CT molecular complexity index is 908. The summed E-state index contributed by atoms with van der Waals surface area (Å²) in [6.45, 7) is 3.99. The second-order valence-electron chi connectivity index (χ2n) is 7.33. The molecule has 148 valence electrons. The van der Waals surface area contributed by atoms with E-state index >= 15 is 0 Å². The van der Waals surface area contributed by atoms with Crippen LogP contribution in [0.2, 0.25) is 0 Å². The Morgan fingerprint density at radius 2 is 2.21 bits per heavy atom. The molecule has 0 saturated carbocycles. The molecule has 1 aliphatic rings. The average molecular weight is 380 g/mol. The molecule has 0 spiro atoms. The van der Waals surface area contributed by atoms with Crippen LogP contribution in [0.5, 0.6) is 0 Å². The lowest BCUT2D eigenvalue weighted by atomic mass is 9.99. The number of nitrogens with zero attached hydrogens (tertiary/aromatic N) is 5. The molecule has 7 heteroatoms. The Morgan fingerprint density at radius 3 is 3.00 bits per heavy atom. The second kappa shape index (κ2) is 8.56. The Hall–Kier alpha value is -2.67. The lowest BCUT2D eigenvalue weighted by molar-refractivity contribution is 0.262. The van der Waals surface area contributed by atoms with E-state index in [1.807, 2.05) is 23.0 Å². The fourth-order valence-corrected chi connectivity index (χ4v) is 3.96. The number of hydrogen-bond donors (Lipinski definition) is 2. The zero-order chi connectivity index (χ0) is 19.3. The van der Waals surface area contributed by atoms with Gasteiger partial charge in [-0.15, -0.1) is 0 Å². The molecule has 1 saturated heterocycles. The third-order valence-electron chi connectivity index (χ3n) is 5.49. The topological polar surface area (TPSA) is 78.6 Å². The van der Waals surface area contributed by atoms with E-state index in [1.54, 1.807) is 6.20 Å². The maximum absolute atomic E-state index is 9.49. The number of aliphatic hydroxyl groups excluding tert-OH is 1. The Kier molecular flexibility index (Phi) is 5.71. The number of aromatic nitrogens is 4. The zero-order valence-corrected chi connectivity index (χ0v) is 16.4. The Labute approximate surface area is 165 Å². The normalized spacial score (nSPS) is 17.2. The fourth-order valence-electron chi connectivity index (χ4n) is 3.96. The summed E-state index contributed by atoms with van der Waals surface area (Å²) >= 11 is 0. The first-order valence-electron chi connectivity index (χ1n) is 10.2. The van der Waals surface area contributed by atoms with Crippen LogP contribution in [0.1, 0.15) is 43.7 Å². The first-order chi connectivity index (χ1) is 13.8. The van der Waals surface area contributed by atoms with E-state index < -0.39 is 0 Å². The zero-order valence-electron chi connectivity index (χ0n) is 16.4. The number of anilines is 2. The maximum atomic E-state index is 9.49. The van der Waals surface area contributed by atoms with Crippen LogP contribution in [0.3, 0.4) is 0 Å². The molecule has 0 aliphatic carbocycles. The highest BCUT2D eigenvalue weighted by molar-refractivity contribution is 5.61. The van der Waals surface area contributed by atoms with Crippen molar-refractivity contribution >= 4 is 17.3 Å². The van der Waals surface area contributed by atoms with Gasteiger partial charge in [0.25, 0.3) is 0 Å². The van der Waals surface area contributed by atoms with Gasteiger partial charge in [0.1, 0.15) is 11.6 Å². The van der Waals surface area contributed by atoms with Crippen molar-refractivity contribution in [1.29, 1.82) is 0 Å². The van der Waals surface area contributed by atoms with E-state index in [2.05, 4.69) is 39.4 Å². The summed E-state index contributed by atoms with van der Waals surface area (Å²) < 4.78 is 1.89. The monoisotopic (exact) mass is 380 g/mol. The number of rotatable bonds is 7. The first-order valence-corrected chi connectivity index (χ1v) is 10.2. The molecular formula is C21H28N6O. The summed E-state index contributed by atoms with van der Waals surface area (Å²) in [5.74, 6) is 1.89. The van der Waals surface area contributed by atoms with E-state index in [4.69, 9.17) is 4.98 Å². The van der Waals surface area contributed by atoms with Crippen LogP contribution < -0.4 is 10.2 Å². The number of aryl methyl sites for hydroxylation is 1. The van der Waals surface area contributed by atoms with Crippen molar-refractivity contribution in [2.45, 2.75) is 51.6 Å². The highest BCUT2D eigenvalue weighted by Crippen LogP contribution is 2.28. The van der Waals surface area contributed by atoms with E-state index in [0.29, 0.717) is 12.6 Å². The highest BCUT2D eigenvalue weighted by Gasteiger charge is 2.24. The Balaban J connectivity index is 1.70. The molecule has 0 bridgehead atoms. The minimum atomic E-state index is 0.211. The van der Waals surface area contributed by atoms with Gasteiger partial charge in [-0.05, 0) is 43.7 Å². The van der Waals surface area contributed by atoms with Crippen molar-refractivity contribution in [3.63, 3.8) is 0 Å². The number of aliphatic hydroxyl groups is 1. The van der Waals surface area contributed by atoms with Crippen LogP contribution in [0, 0.1) is 0 Å². The van der Waals surface area contributed by atoms with Crippen LogP contribution >= 0.6 is 0 Å². The smallest absolute Gasteiger partial charge is 0.162 e. The van der Waals surface area contributed by atoms with Crippen molar-refractivity contribution < 1.29 is 5.11 Å². The van der Waals surface area contributed by atoms with Crippen molar-refractivity contribution in [2.75, 3.05) is 23.4 Å². The number of pyridine rings is 1. The average Bonchev–Trinajstić information content (AvgIpc) is 3.16. The van der Waals surface area contributed by atoms with Gasteiger partial charge in [0.15, 0.2) is 5.65 Å². The van der Waals surface area contributed by atoms with Crippen molar-refractivity contribution in [3.8, 4) is 0 Å². The molecule has 0 radical (unpaired) electrons. The molecule has 1 atom stereocenters. The molecular weight excluding hydrogens is 352 g/mol. The van der Waals surface area contributed by atoms with Gasteiger partial charge in [0, 0.05) is 49.8 Å². The number of piperidine rings is 1. The van der Waals surface area contributed by atoms with Gasteiger partial charge < -0.3 is 15.3 Å². The minimum Gasteiger partial charge on any atom is -0.396 e. The molecule has 1 unspecified atom stereocenters. The van der Waals surface area contributed by atoms with E-state index in [1.165, 1.54) is 6.42 Å². The van der Waals surface area contributed by atoms with Crippen LogP contribution in [-0.4, -0.2) is 43.9 Å².